The van der Waals surface area contributed by atoms with Crippen LogP contribution in [0.2, 0.25) is 0 Å². The van der Waals surface area contributed by atoms with Gasteiger partial charge in [-0.1, -0.05) is 51.4 Å². The van der Waals surface area contributed by atoms with Crippen molar-refractivity contribution in [2.45, 2.75) is 77.0 Å². The van der Waals surface area contributed by atoms with E-state index in [4.69, 9.17) is 0 Å². The van der Waals surface area contributed by atoms with Crippen molar-refractivity contribution in [1.29, 1.82) is 0 Å². The molecule has 4 nitrogen and oxygen atoms in total. The van der Waals surface area contributed by atoms with Gasteiger partial charge in [-0.05, 0) is 61.2 Å². The van der Waals surface area contributed by atoms with Gasteiger partial charge in [0.2, 0.25) is 0 Å². The highest BCUT2D eigenvalue weighted by Gasteiger charge is 2.52. The summed E-state index contributed by atoms with van der Waals surface area (Å²) in [5.74, 6) is 1.05. The first-order chi connectivity index (χ1) is 12.6. The van der Waals surface area contributed by atoms with Crippen molar-refractivity contribution in [3.8, 4) is 0 Å². The van der Waals surface area contributed by atoms with E-state index in [0.717, 1.165) is 38.5 Å². The molecule has 4 rings (SSSR count). The summed E-state index contributed by atoms with van der Waals surface area (Å²) >= 11 is 0. The van der Waals surface area contributed by atoms with Crippen LogP contribution in [0.15, 0.2) is 0 Å². The summed E-state index contributed by atoms with van der Waals surface area (Å²) in [6.07, 6.45) is 13.2. The van der Waals surface area contributed by atoms with Gasteiger partial charge in [0.25, 0.3) is 0 Å². The molecule has 0 amide bonds. The zero-order chi connectivity index (χ0) is 18.3. The Balaban J connectivity index is 1.64. The fourth-order valence-electron chi connectivity index (χ4n) is 7.79. The van der Waals surface area contributed by atoms with E-state index in [-0.39, 0.29) is 11.8 Å². The van der Waals surface area contributed by atoms with Crippen molar-refractivity contribution in [1.82, 2.24) is 0 Å². The van der Waals surface area contributed by atoms with Crippen molar-refractivity contribution in [3.05, 3.63) is 0 Å². The quantitative estimate of drug-likeness (QED) is 0.755. The molecular formula is C22H34O4. The Bertz CT molecular complexity index is 492. The van der Waals surface area contributed by atoms with E-state index in [1.165, 1.54) is 38.5 Å². The Hall–Kier alpha value is -1.06. The van der Waals surface area contributed by atoms with Gasteiger partial charge < -0.3 is 10.2 Å². The van der Waals surface area contributed by atoms with Gasteiger partial charge in [-0.3, -0.25) is 9.59 Å². The van der Waals surface area contributed by atoms with E-state index < -0.39 is 11.9 Å². The van der Waals surface area contributed by atoms with E-state index >= 15 is 0 Å². The smallest absolute Gasteiger partial charge is 0.306 e. The monoisotopic (exact) mass is 362 g/mol. The van der Waals surface area contributed by atoms with Crippen molar-refractivity contribution in [2.75, 3.05) is 0 Å². The van der Waals surface area contributed by atoms with Crippen LogP contribution < -0.4 is 0 Å². The average molecular weight is 363 g/mol. The average Bonchev–Trinajstić information content (AvgIpc) is 2.65. The zero-order valence-electron chi connectivity index (χ0n) is 15.8. The molecule has 0 bridgehead atoms. The number of hydrogen-bond acceptors (Lipinski definition) is 2. The molecule has 146 valence electrons. The molecule has 4 aliphatic rings. The van der Waals surface area contributed by atoms with E-state index in [0.29, 0.717) is 35.5 Å². The van der Waals surface area contributed by atoms with Gasteiger partial charge in [0.05, 0.1) is 11.8 Å². The van der Waals surface area contributed by atoms with Gasteiger partial charge in [-0.25, -0.2) is 0 Å². The molecule has 0 aromatic carbocycles. The maximum atomic E-state index is 12.0. The fraction of sp³-hybridized carbons (Fsp3) is 0.909. The predicted molar refractivity (Wildman–Crippen MR) is 98.6 cm³/mol. The van der Waals surface area contributed by atoms with Crippen LogP contribution in [0.25, 0.3) is 0 Å². The number of rotatable bonds is 3. The molecule has 4 aliphatic carbocycles. The minimum Gasteiger partial charge on any atom is -0.481 e. The Labute approximate surface area is 156 Å². The molecule has 4 heteroatoms. The van der Waals surface area contributed by atoms with Gasteiger partial charge in [0, 0.05) is 0 Å². The first kappa shape index (κ1) is 18.3. The molecule has 8 atom stereocenters. The highest BCUT2D eigenvalue weighted by Crippen LogP contribution is 2.56. The summed E-state index contributed by atoms with van der Waals surface area (Å²) < 4.78 is 0. The van der Waals surface area contributed by atoms with Crippen LogP contribution in [0, 0.1) is 47.3 Å². The van der Waals surface area contributed by atoms with Gasteiger partial charge in [0.1, 0.15) is 0 Å². The van der Waals surface area contributed by atoms with Crippen LogP contribution in [0.5, 0.6) is 0 Å². The number of carboxylic acids is 2. The lowest BCUT2D eigenvalue weighted by atomic mass is 9.51. The molecule has 4 saturated carbocycles. The van der Waals surface area contributed by atoms with E-state index in [2.05, 4.69) is 0 Å². The van der Waals surface area contributed by atoms with E-state index in [1.54, 1.807) is 0 Å². The number of carboxylic acid groups (broad SMARTS) is 2. The minimum atomic E-state index is -0.600. The molecule has 0 saturated heterocycles. The molecule has 4 fully saturated rings. The summed E-state index contributed by atoms with van der Waals surface area (Å²) in [5, 5.41) is 19.7. The van der Waals surface area contributed by atoms with E-state index in [1.807, 2.05) is 0 Å². The number of carbonyl (C=O) groups is 2. The standard InChI is InChI=1S/C22H34O4/c23-21(24)17-11-3-7-13-5-1-9-15(19(13)17)16-10-2-6-14-8-4-12-18(20(14)16)22(25)26/h13-20H,1-12H2,(H,23,24)(H,25,26). The molecule has 26 heavy (non-hydrogen) atoms. The number of aliphatic carboxylic acids is 2. The summed E-state index contributed by atoms with van der Waals surface area (Å²) in [6, 6.07) is 0. The maximum absolute atomic E-state index is 12.0. The summed E-state index contributed by atoms with van der Waals surface area (Å²) in [7, 11) is 0. The third-order valence-electron chi connectivity index (χ3n) is 8.60. The molecule has 0 aromatic rings. The second-order valence-electron chi connectivity index (χ2n) is 9.62. The first-order valence-electron chi connectivity index (χ1n) is 11.0. The second kappa shape index (κ2) is 7.52. The van der Waals surface area contributed by atoms with Gasteiger partial charge >= 0.3 is 11.9 Å². The highest BCUT2D eigenvalue weighted by atomic mass is 16.4. The highest BCUT2D eigenvalue weighted by molar-refractivity contribution is 5.71. The summed E-state index contributed by atoms with van der Waals surface area (Å²) in [5.41, 5.74) is 0. The Morgan fingerprint density at radius 3 is 1.23 bits per heavy atom. The SMILES string of the molecule is O=C(O)C1CCCC2CCCC(C3CCCC4CCCC(C(=O)O)C43)C21. The van der Waals surface area contributed by atoms with Crippen LogP contribution in [-0.4, -0.2) is 22.2 Å². The Morgan fingerprint density at radius 1 is 0.538 bits per heavy atom. The second-order valence-corrected chi connectivity index (χ2v) is 9.62. The van der Waals surface area contributed by atoms with Crippen LogP contribution in [-0.2, 0) is 9.59 Å². The number of hydrogen-bond donors (Lipinski definition) is 2. The van der Waals surface area contributed by atoms with Crippen molar-refractivity contribution in [2.24, 2.45) is 47.3 Å². The van der Waals surface area contributed by atoms with Crippen LogP contribution in [0.4, 0.5) is 0 Å². The molecule has 0 radical (unpaired) electrons. The van der Waals surface area contributed by atoms with Crippen LogP contribution in [0.3, 0.4) is 0 Å². The lowest BCUT2D eigenvalue weighted by Crippen LogP contribution is -2.49. The predicted octanol–water partition coefficient (Wildman–Crippen LogP) is 4.82. The van der Waals surface area contributed by atoms with Crippen molar-refractivity contribution >= 4 is 11.9 Å². The summed E-state index contributed by atoms with van der Waals surface area (Å²) in [6.45, 7) is 0. The first-order valence-corrected chi connectivity index (χ1v) is 11.0. The molecule has 0 aromatic heterocycles. The third-order valence-corrected chi connectivity index (χ3v) is 8.60. The molecule has 0 heterocycles. The largest absolute Gasteiger partial charge is 0.481 e. The maximum Gasteiger partial charge on any atom is 0.306 e. The molecule has 0 aliphatic heterocycles. The van der Waals surface area contributed by atoms with Crippen LogP contribution >= 0.6 is 0 Å². The van der Waals surface area contributed by atoms with E-state index in [9.17, 15) is 19.8 Å². The molecular weight excluding hydrogens is 328 g/mol. The third kappa shape index (κ3) is 3.18. The van der Waals surface area contributed by atoms with Crippen molar-refractivity contribution < 1.29 is 19.8 Å². The fourth-order valence-corrected chi connectivity index (χ4v) is 7.79. The number of fused-ring (bicyclic) bond motifs is 2. The lowest BCUT2D eigenvalue weighted by Gasteiger charge is -2.53. The van der Waals surface area contributed by atoms with Crippen molar-refractivity contribution in [3.63, 3.8) is 0 Å². The normalized spacial score (nSPS) is 46.0. The lowest BCUT2D eigenvalue weighted by molar-refractivity contribution is -0.156. The molecule has 8 unspecified atom stereocenters. The summed E-state index contributed by atoms with van der Waals surface area (Å²) in [4.78, 5) is 24.0. The topological polar surface area (TPSA) is 74.6 Å². The Kier molecular flexibility index (Phi) is 5.29. The minimum absolute atomic E-state index is 0.189. The van der Waals surface area contributed by atoms with Crippen LogP contribution in [0.1, 0.15) is 77.0 Å². The van der Waals surface area contributed by atoms with Gasteiger partial charge in [-0.2, -0.15) is 0 Å². The molecule has 0 spiro atoms. The zero-order valence-corrected chi connectivity index (χ0v) is 15.8. The van der Waals surface area contributed by atoms with Gasteiger partial charge in [0.15, 0.2) is 0 Å². The molecule has 2 N–H and O–H groups in total. The van der Waals surface area contributed by atoms with Gasteiger partial charge in [-0.15, -0.1) is 0 Å². The Morgan fingerprint density at radius 2 is 0.885 bits per heavy atom.